The second-order valence-corrected chi connectivity index (χ2v) is 11.2. The lowest BCUT2D eigenvalue weighted by Gasteiger charge is -2.37. The van der Waals surface area contributed by atoms with Gasteiger partial charge >= 0.3 is 0 Å². The fraction of sp³-hybridized carbons (Fsp3) is 0.303. The number of aromatic nitrogens is 3. The van der Waals surface area contributed by atoms with Crippen molar-refractivity contribution in [1.29, 1.82) is 0 Å². The Kier molecular flexibility index (Phi) is 7.20. The van der Waals surface area contributed by atoms with Crippen molar-refractivity contribution in [2.24, 2.45) is 0 Å². The van der Waals surface area contributed by atoms with E-state index >= 15 is 0 Å². The molecule has 5 aromatic rings. The second-order valence-electron chi connectivity index (χ2n) is 11.2. The van der Waals surface area contributed by atoms with E-state index in [1.807, 2.05) is 74.5 Å². The number of H-pyrrole nitrogens is 2. The highest BCUT2D eigenvalue weighted by Crippen LogP contribution is 2.38. The van der Waals surface area contributed by atoms with Gasteiger partial charge in [-0.2, -0.15) is 0 Å². The molecule has 0 saturated carbocycles. The number of ether oxygens (including phenoxy) is 2. The summed E-state index contributed by atoms with van der Waals surface area (Å²) in [6, 6.07) is 19.8. The summed E-state index contributed by atoms with van der Waals surface area (Å²) in [7, 11) is 3.25. The van der Waals surface area contributed by atoms with Gasteiger partial charge in [0.2, 0.25) is 5.91 Å². The Hall–Kier alpha value is -4.63. The van der Waals surface area contributed by atoms with Crippen molar-refractivity contribution in [3.05, 3.63) is 77.4 Å². The van der Waals surface area contributed by atoms with Gasteiger partial charge in [0.25, 0.3) is 5.91 Å². The Labute approximate surface area is 244 Å². The van der Waals surface area contributed by atoms with Crippen molar-refractivity contribution in [3.8, 4) is 23.0 Å². The summed E-state index contributed by atoms with van der Waals surface area (Å²) in [5.74, 6) is 1.59. The molecule has 1 aliphatic rings. The van der Waals surface area contributed by atoms with Crippen LogP contribution in [0, 0.1) is 0 Å². The lowest BCUT2D eigenvalue weighted by atomic mass is 9.76. The van der Waals surface area contributed by atoms with Gasteiger partial charge in [0.1, 0.15) is 5.52 Å². The quantitative estimate of drug-likeness (QED) is 0.158. The van der Waals surface area contributed by atoms with Crippen molar-refractivity contribution in [1.82, 2.24) is 25.2 Å². The number of methoxy groups -OCH3 is 2. The van der Waals surface area contributed by atoms with Gasteiger partial charge in [-0.05, 0) is 81.2 Å². The topological polar surface area (TPSA) is 112 Å². The van der Waals surface area contributed by atoms with E-state index in [0.717, 1.165) is 40.6 Å². The summed E-state index contributed by atoms with van der Waals surface area (Å²) < 4.78 is 10.7. The van der Waals surface area contributed by atoms with E-state index in [9.17, 15) is 9.59 Å². The third kappa shape index (κ3) is 4.79. The number of carbonyl (C=O) groups excluding carboxylic acids is 2. The van der Waals surface area contributed by atoms with E-state index in [4.69, 9.17) is 14.5 Å². The average Bonchev–Trinajstić information content (AvgIpc) is 3.63. The Morgan fingerprint density at radius 2 is 1.71 bits per heavy atom. The van der Waals surface area contributed by atoms with Gasteiger partial charge in [-0.25, -0.2) is 4.98 Å². The minimum absolute atomic E-state index is 0.184. The number of hydrogen-bond donors (Lipinski definition) is 3. The van der Waals surface area contributed by atoms with E-state index in [1.165, 1.54) is 4.90 Å². The molecule has 3 heterocycles. The summed E-state index contributed by atoms with van der Waals surface area (Å²) in [5.41, 5.74) is 4.70. The van der Waals surface area contributed by atoms with E-state index in [0.29, 0.717) is 53.5 Å². The van der Waals surface area contributed by atoms with Crippen molar-refractivity contribution in [2.75, 3.05) is 33.9 Å². The fourth-order valence-corrected chi connectivity index (χ4v) is 5.78. The molecule has 0 bridgehead atoms. The summed E-state index contributed by atoms with van der Waals surface area (Å²) >= 11 is 0. The van der Waals surface area contributed by atoms with Gasteiger partial charge in [-0.1, -0.05) is 30.3 Å². The van der Waals surface area contributed by atoms with Crippen molar-refractivity contribution < 1.29 is 19.1 Å². The van der Waals surface area contributed by atoms with Crippen LogP contribution in [0.1, 0.15) is 41.8 Å². The first-order chi connectivity index (χ1) is 20.3. The molecule has 6 rings (SSSR count). The molecular weight excluding hydrogens is 530 g/mol. The third-order valence-corrected chi connectivity index (χ3v) is 8.13. The molecule has 9 heteroatoms. The number of imide groups is 1. The molecule has 0 radical (unpaired) electrons. The number of nitrogens with zero attached hydrogens (tertiary/aromatic N) is 2. The maximum atomic E-state index is 13.8. The molecule has 2 aromatic heterocycles. The van der Waals surface area contributed by atoms with Gasteiger partial charge in [-0.15, -0.1) is 0 Å². The largest absolute Gasteiger partial charge is 0.493 e. The Morgan fingerprint density at radius 3 is 2.50 bits per heavy atom. The minimum Gasteiger partial charge on any atom is -0.493 e. The van der Waals surface area contributed by atoms with Crippen LogP contribution in [-0.4, -0.2) is 65.5 Å². The Bertz CT molecular complexity index is 1770. The average molecular weight is 566 g/mol. The lowest BCUT2D eigenvalue weighted by molar-refractivity contribution is -0.134. The van der Waals surface area contributed by atoms with Crippen LogP contribution in [0.25, 0.3) is 33.5 Å². The highest BCUT2D eigenvalue weighted by atomic mass is 16.5. The number of rotatable bonds is 10. The van der Waals surface area contributed by atoms with Crippen molar-refractivity contribution >= 4 is 33.8 Å². The Morgan fingerprint density at radius 1 is 0.905 bits per heavy atom. The number of aromatic amines is 2. The molecule has 42 heavy (non-hydrogen) atoms. The van der Waals surface area contributed by atoms with E-state index < -0.39 is 5.41 Å². The number of fused-ring (bicyclic) bond motifs is 4. The maximum Gasteiger partial charge on any atom is 0.263 e. The molecule has 9 nitrogen and oxygen atoms in total. The molecule has 1 aliphatic heterocycles. The van der Waals surface area contributed by atoms with Crippen LogP contribution < -0.4 is 14.8 Å². The maximum absolute atomic E-state index is 13.8. The molecule has 0 atom stereocenters. The smallest absolute Gasteiger partial charge is 0.263 e. The minimum atomic E-state index is -0.849. The number of para-hydroxylation sites is 1. The molecular formula is C33H35N5O4. The van der Waals surface area contributed by atoms with E-state index in [2.05, 4.69) is 15.3 Å². The van der Waals surface area contributed by atoms with Gasteiger partial charge in [0.05, 0.1) is 36.4 Å². The molecule has 0 fully saturated rings. The van der Waals surface area contributed by atoms with E-state index in [1.54, 1.807) is 14.2 Å². The monoisotopic (exact) mass is 565 g/mol. The van der Waals surface area contributed by atoms with E-state index in [-0.39, 0.29) is 11.8 Å². The standard InChI is InChI=1S/C33H35N5O4/c1-33(2)22-11-12-24-29(37-30(36-24)25-19-21-8-5-6-9-23(21)35-25)28(22)31(39)38(32(33)40)17-7-15-34-16-14-20-10-13-26(41-3)27(18-20)42-4/h5-6,8-13,18-19,34-35H,7,14-17H2,1-4H3,(H,36,37). The third-order valence-electron chi connectivity index (χ3n) is 8.13. The SMILES string of the molecule is COc1ccc(CCNCCCN2C(=O)c3c(ccc4[nH]c(-c5cc6ccccc6[nH]5)nc34)C(C)(C)C2=O)cc1OC. The van der Waals surface area contributed by atoms with Gasteiger partial charge in [-0.3, -0.25) is 14.5 Å². The van der Waals surface area contributed by atoms with Gasteiger partial charge in [0, 0.05) is 17.4 Å². The molecule has 0 aliphatic carbocycles. The summed E-state index contributed by atoms with van der Waals surface area (Å²) in [5, 5.41) is 4.51. The zero-order chi connectivity index (χ0) is 29.4. The Balaban J connectivity index is 1.16. The van der Waals surface area contributed by atoms with Crippen molar-refractivity contribution in [3.63, 3.8) is 0 Å². The van der Waals surface area contributed by atoms with Crippen LogP contribution in [0.2, 0.25) is 0 Å². The molecule has 0 saturated heterocycles. The fourth-order valence-electron chi connectivity index (χ4n) is 5.78. The number of hydrogen-bond acceptors (Lipinski definition) is 6. The van der Waals surface area contributed by atoms with Crippen LogP contribution >= 0.6 is 0 Å². The zero-order valence-corrected chi connectivity index (χ0v) is 24.3. The molecule has 3 aromatic carbocycles. The molecule has 216 valence electrons. The predicted molar refractivity (Wildman–Crippen MR) is 163 cm³/mol. The first-order valence-corrected chi connectivity index (χ1v) is 14.2. The zero-order valence-electron chi connectivity index (χ0n) is 24.3. The molecule has 0 spiro atoms. The van der Waals surface area contributed by atoms with Gasteiger partial charge < -0.3 is 24.8 Å². The predicted octanol–water partition coefficient (Wildman–Crippen LogP) is 5.21. The highest BCUT2D eigenvalue weighted by molar-refractivity contribution is 6.18. The van der Waals surface area contributed by atoms with Crippen LogP contribution in [-0.2, 0) is 16.6 Å². The van der Waals surface area contributed by atoms with Gasteiger partial charge in [0.15, 0.2) is 17.3 Å². The normalized spacial score (nSPS) is 14.5. The summed E-state index contributed by atoms with van der Waals surface area (Å²) in [6.07, 6.45) is 1.46. The lowest BCUT2D eigenvalue weighted by Crippen LogP contribution is -2.52. The second kappa shape index (κ2) is 11.0. The van der Waals surface area contributed by atoms with Crippen LogP contribution in [0.3, 0.4) is 0 Å². The van der Waals surface area contributed by atoms with Crippen LogP contribution in [0.4, 0.5) is 0 Å². The number of benzene rings is 3. The summed E-state index contributed by atoms with van der Waals surface area (Å²) in [6.45, 7) is 5.53. The molecule has 2 amide bonds. The van der Waals surface area contributed by atoms with Crippen LogP contribution in [0.15, 0.2) is 60.7 Å². The number of imidazole rings is 1. The number of amides is 2. The first kappa shape index (κ1) is 27.5. The highest BCUT2D eigenvalue weighted by Gasteiger charge is 2.45. The van der Waals surface area contributed by atoms with Crippen LogP contribution in [0.5, 0.6) is 11.5 Å². The van der Waals surface area contributed by atoms with Crippen molar-refractivity contribution in [2.45, 2.75) is 32.1 Å². The number of nitrogens with one attached hydrogen (secondary N) is 3. The molecule has 3 N–H and O–H groups in total. The number of carbonyl (C=O) groups is 2. The first-order valence-electron chi connectivity index (χ1n) is 14.2. The summed E-state index contributed by atoms with van der Waals surface area (Å²) in [4.78, 5) is 40.4. The molecule has 0 unspecified atom stereocenters.